The molecule has 0 radical (unpaired) electrons. The Labute approximate surface area is 104 Å². The van der Waals surface area contributed by atoms with E-state index in [1.807, 2.05) is 0 Å². The fourth-order valence-corrected chi connectivity index (χ4v) is 2.09. The Balaban J connectivity index is 2.82. The van der Waals surface area contributed by atoms with Crippen LogP contribution in [0.25, 0.3) is 0 Å². The van der Waals surface area contributed by atoms with Crippen molar-refractivity contribution in [2.45, 2.75) is 38.9 Å². The van der Waals surface area contributed by atoms with Crippen LogP contribution in [0.5, 0.6) is 5.75 Å². The van der Waals surface area contributed by atoms with Crippen LogP contribution < -0.4 is 8.66 Å². The Morgan fingerprint density at radius 2 is 1.53 bits per heavy atom. The van der Waals surface area contributed by atoms with Gasteiger partial charge in [-0.25, -0.2) is 0 Å². The Morgan fingerprint density at radius 3 is 1.93 bits per heavy atom. The van der Waals surface area contributed by atoms with E-state index in [1.165, 1.54) is 4.24 Å². The van der Waals surface area contributed by atoms with Gasteiger partial charge in [0, 0.05) is 0 Å². The van der Waals surface area contributed by atoms with E-state index < -0.39 is 8.32 Å². The Kier molecular flexibility index (Phi) is 3.76. The van der Waals surface area contributed by atoms with Crippen molar-refractivity contribution in [1.82, 2.24) is 0 Å². The minimum absolute atomic E-state index is 0.262. The summed E-state index contributed by atoms with van der Waals surface area (Å²) in [5.41, 5.74) is 0. The second-order valence-corrected chi connectivity index (χ2v) is 10.4. The molecule has 1 nitrogen and oxygen atoms in total. The minimum atomic E-state index is -1.66. The molecule has 0 unspecified atom stereocenters. The van der Waals surface area contributed by atoms with E-state index in [1.54, 1.807) is 0 Å². The topological polar surface area (TPSA) is 9.23 Å². The first-order valence-electron chi connectivity index (χ1n) is 5.48. The van der Waals surface area contributed by atoms with E-state index in [0.717, 1.165) is 5.75 Å². The molecule has 1 aromatic rings. The zero-order valence-electron chi connectivity index (χ0n) is 10.7. The quantitative estimate of drug-likeness (QED) is 0.688. The molecule has 1 rings (SSSR count). The summed E-state index contributed by atoms with van der Waals surface area (Å²) in [6.07, 6.45) is 0. The van der Waals surface area contributed by atoms with Crippen molar-refractivity contribution in [3.05, 3.63) is 24.3 Å². The fourth-order valence-electron chi connectivity index (χ4n) is 1.05. The average Bonchev–Trinajstić information content (AvgIpc) is 2.06. The van der Waals surface area contributed by atoms with E-state index in [0.29, 0.717) is 0 Å². The summed E-state index contributed by atoms with van der Waals surface area (Å²) < 4.78 is 7.44. The first kappa shape index (κ1) is 12.9. The van der Waals surface area contributed by atoms with Gasteiger partial charge in [0.1, 0.15) is 0 Å². The molecule has 0 spiro atoms. The third-order valence-electron chi connectivity index (χ3n) is 3.20. The van der Waals surface area contributed by atoms with Crippen LogP contribution in [0.2, 0.25) is 18.1 Å². The van der Waals surface area contributed by atoms with Crippen LogP contribution in [-0.4, -0.2) is 26.0 Å². The van der Waals surface area contributed by atoms with E-state index >= 15 is 0 Å². The molecule has 78 valence electrons. The van der Waals surface area contributed by atoms with Gasteiger partial charge in [0.15, 0.2) is 0 Å². The molecule has 0 heterocycles. The molecule has 0 aliphatic carbocycles. The summed E-state index contributed by atoms with van der Waals surface area (Å²) in [6, 6.07) is 8.33. The van der Waals surface area contributed by atoms with Crippen molar-refractivity contribution in [3.63, 3.8) is 0 Å². The van der Waals surface area contributed by atoms with Gasteiger partial charge >= 0.3 is 104 Å². The third kappa shape index (κ3) is 3.41. The predicted molar refractivity (Wildman–Crippen MR) is 69.7 cm³/mol. The zero-order chi connectivity index (χ0) is 11.7. The van der Waals surface area contributed by atoms with Crippen molar-refractivity contribution in [1.29, 1.82) is 0 Å². The second kappa shape index (κ2) is 4.37. The van der Waals surface area contributed by atoms with Crippen LogP contribution in [0.3, 0.4) is 0 Å². The molecular formula is C12H19LiOSi. The van der Waals surface area contributed by atoms with Gasteiger partial charge in [-0.15, -0.1) is 0 Å². The van der Waals surface area contributed by atoms with E-state index in [4.69, 9.17) is 4.43 Å². The van der Waals surface area contributed by atoms with Crippen molar-refractivity contribution >= 4 is 30.3 Å². The molecule has 0 amide bonds. The number of rotatable bonds is 2. The summed E-state index contributed by atoms with van der Waals surface area (Å²) in [5, 5.41) is 0.262. The van der Waals surface area contributed by atoms with E-state index in [2.05, 4.69) is 75.8 Å². The van der Waals surface area contributed by atoms with Gasteiger partial charge in [0.2, 0.25) is 0 Å². The molecule has 0 saturated heterocycles. The first-order chi connectivity index (χ1) is 6.72. The summed E-state index contributed by atoms with van der Waals surface area (Å²) in [4.78, 5) is 0. The SMILES string of the molecule is [Li][c]1ccc(O[Si](C)(C)C(C)(C)C)cc1. The van der Waals surface area contributed by atoms with Crippen molar-refractivity contribution in [2.75, 3.05) is 0 Å². The second-order valence-electron chi connectivity index (χ2n) is 5.68. The summed E-state index contributed by atoms with van der Waals surface area (Å²) in [6.45, 7) is 11.3. The molecule has 0 aliphatic heterocycles. The Morgan fingerprint density at radius 1 is 1.07 bits per heavy atom. The molecule has 0 aromatic heterocycles. The predicted octanol–water partition coefficient (Wildman–Crippen LogP) is 2.86. The fraction of sp³-hybridized carbons (Fsp3) is 0.500. The first-order valence-corrected chi connectivity index (χ1v) is 8.39. The molecule has 3 heteroatoms. The van der Waals surface area contributed by atoms with Gasteiger partial charge in [0.25, 0.3) is 0 Å². The maximum atomic E-state index is 6.16. The normalized spacial score (nSPS) is 12.7. The van der Waals surface area contributed by atoms with Gasteiger partial charge in [-0.1, -0.05) is 0 Å². The van der Waals surface area contributed by atoms with Crippen molar-refractivity contribution < 1.29 is 4.43 Å². The van der Waals surface area contributed by atoms with E-state index in [-0.39, 0.29) is 5.04 Å². The van der Waals surface area contributed by atoms with Gasteiger partial charge in [-0.05, 0) is 0 Å². The number of hydrogen-bond donors (Lipinski definition) is 0. The summed E-state index contributed by atoms with van der Waals surface area (Å²) in [7, 11) is -1.66. The summed E-state index contributed by atoms with van der Waals surface area (Å²) in [5.74, 6) is 1.01. The Hall–Kier alpha value is -0.166. The number of hydrogen-bond acceptors (Lipinski definition) is 1. The van der Waals surface area contributed by atoms with Crippen LogP contribution in [0.1, 0.15) is 20.8 Å². The maximum absolute atomic E-state index is 6.16. The molecule has 0 fully saturated rings. The molecule has 0 aliphatic rings. The van der Waals surface area contributed by atoms with Crippen LogP contribution in [0.4, 0.5) is 0 Å². The van der Waals surface area contributed by atoms with Crippen molar-refractivity contribution in [3.8, 4) is 5.75 Å². The molecule has 15 heavy (non-hydrogen) atoms. The van der Waals surface area contributed by atoms with Gasteiger partial charge in [-0.2, -0.15) is 0 Å². The van der Waals surface area contributed by atoms with Crippen LogP contribution in [0, 0.1) is 0 Å². The molecule has 1 aromatic carbocycles. The van der Waals surface area contributed by atoms with E-state index in [9.17, 15) is 0 Å². The monoisotopic (exact) mass is 214 g/mol. The van der Waals surface area contributed by atoms with Gasteiger partial charge in [0.05, 0.1) is 0 Å². The standard InChI is InChI=1S/C12H19OSi.Li/c1-12(2,3)14(4,5)13-11-9-7-6-8-10-11;/h7-10H,1-5H3;. The van der Waals surface area contributed by atoms with Crippen LogP contribution >= 0.6 is 0 Å². The number of benzene rings is 1. The molecule has 0 bridgehead atoms. The van der Waals surface area contributed by atoms with Gasteiger partial charge < -0.3 is 0 Å². The molecule has 0 atom stereocenters. The molecular weight excluding hydrogens is 195 g/mol. The molecule has 0 N–H and O–H groups in total. The van der Waals surface area contributed by atoms with Crippen LogP contribution in [-0.2, 0) is 0 Å². The van der Waals surface area contributed by atoms with Crippen LogP contribution in [0.15, 0.2) is 24.3 Å². The third-order valence-corrected chi connectivity index (χ3v) is 7.56. The zero-order valence-corrected chi connectivity index (χ0v) is 11.7. The molecule has 0 saturated carbocycles. The Bertz CT molecular complexity index is 324. The average molecular weight is 214 g/mol. The van der Waals surface area contributed by atoms with Gasteiger partial charge in [-0.3, -0.25) is 0 Å². The van der Waals surface area contributed by atoms with Crippen molar-refractivity contribution in [2.24, 2.45) is 0 Å². The summed E-state index contributed by atoms with van der Waals surface area (Å²) >= 11 is 2.09.